The van der Waals surface area contributed by atoms with Gasteiger partial charge in [0.2, 0.25) is 11.8 Å². The van der Waals surface area contributed by atoms with Gasteiger partial charge in [0.05, 0.1) is 12.3 Å². The molecule has 7 nitrogen and oxygen atoms in total. The molecule has 1 unspecified atom stereocenters. The van der Waals surface area contributed by atoms with Crippen LogP contribution in [0.1, 0.15) is 39.0 Å². The number of hydrogen-bond donors (Lipinski definition) is 1. The number of fused-ring (bicyclic) bond motifs is 3. The Balaban J connectivity index is 1.79. The van der Waals surface area contributed by atoms with Gasteiger partial charge in [-0.05, 0) is 38.5 Å². The van der Waals surface area contributed by atoms with Crippen LogP contribution in [-0.2, 0) is 19.1 Å². The lowest BCUT2D eigenvalue weighted by Crippen LogP contribution is -2.67. The van der Waals surface area contributed by atoms with Crippen molar-refractivity contribution in [3.8, 4) is 0 Å². The molecule has 0 aromatic rings. The summed E-state index contributed by atoms with van der Waals surface area (Å²) < 4.78 is 4.87. The van der Waals surface area contributed by atoms with E-state index in [1.54, 1.807) is 11.8 Å². The number of ether oxygens (including phenoxy) is 1. The van der Waals surface area contributed by atoms with Gasteiger partial charge in [-0.15, -0.1) is 0 Å². The zero-order valence-electron chi connectivity index (χ0n) is 12.9. The van der Waals surface area contributed by atoms with E-state index in [2.05, 4.69) is 0 Å². The molecule has 2 N–H and O–H groups in total. The summed E-state index contributed by atoms with van der Waals surface area (Å²) >= 11 is 0. The van der Waals surface area contributed by atoms with Gasteiger partial charge in [-0.3, -0.25) is 14.4 Å². The van der Waals surface area contributed by atoms with Crippen LogP contribution in [0, 0.1) is 5.92 Å². The molecular weight excluding hydrogens is 286 g/mol. The summed E-state index contributed by atoms with van der Waals surface area (Å²) in [5.41, 5.74) is 5.83. The third-order valence-corrected chi connectivity index (χ3v) is 5.17. The second-order valence-electron chi connectivity index (χ2n) is 6.45. The lowest BCUT2D eigenvalue weighted by atomic mass is 9.80. The van der Waals surface area contributed by atoms with E-state index in [-0.39, 0.29) is 37.4 Å². The normalized spacial score (nSPS) is 34.5. The molecule has 122 valence electrons. The average Bonchev–Trinajstić information content (AvgIpc) is 2.78. The Bertz CT molecular complexity index is 509. The van der Waals surface area contributed by atoms with Gasteiger partial charge in [-0.25, -0.2) is 0 Å². The first-order chi connectivity index (χ1) is 10.5. The van der Waals surface area contributed by atoms with Crippen LogP contribution >= 0.6 is 0 Å². The fourth-order valence-electron chi connectivity index (χ4n) is 4.20. The van der Waals surface area contributed by atoms with Crippen LogP contribution in [0.2, 0.25) is 0 Å². The van der Waals surface area contributed by atoms with Crippen molar-refractivity contribution in [1.29, 1.82) is 0 Å². The maximum Gasteiger partial charge on any atom is 0.325 e. The number of hydrogen-bond acceptors (Lipinski definition) is 5. The maximum atomic E-state index is 12.6. The van der Waals surface area contributed by atoms with Crippen molar-refractivity contribution in [1.82, 2.24) is 9.80 Å². The third-order valence-electron chi connectivity index (χ3n) is 5.17. The molecule has 1 saturated carbocycles. The van der Waals surface area contributed by atoms with Gasteiger partial charge in [0.1, 0.15) is 19.1 Å². The van der Waals surface area contributed by atoms with Crippen molar-refractivity contribution in [2.75, 3.05) is 19.7 Å². The quantitative estimate of drug-likeness (QED) is 0.731. The highest BCUT2D eigenvalue weighted by Crippen LogP contribution is 2.46. The van der Waals surface area contributed by atoms with E-state index in [1.165, 1.54) is 4.90 Å². The second kappa shape index (κ2) is 5.53. The molecule has 3 rings (SSSR count). The van der Waals surface area contributed by atoms with Crippen molar-refractivity contribution in [2.24, 2.45) is 11.7 Å². The van der Waals surface area contributed by atoms with Crippen molar-refractivity contribution in [3.63, 3.8) is 0 Å². The molecule has 22 heavy (non-hydrogen) atoms. The van der Waals surface area contributed by atoms with E-state index in [0.717, 1.165) is 25.7 Å². The van der Waals surface area contributed by atoms with E-state index < -0.39 is 17.7 Å². The molecule has 0 spiro atoms. The Labute approximate surface area is 129 Å². The first-order valence-electron chi connectivity index (χ1n) is 8.03. The lowest BCUT2D eigenvalue weighted by molar-refractivity contribution is -0.163. The summed E-state index contributed by atoms with van der Waals surface area (Å²) in [6, 6.07) is -0.510. The largest absolute Gasteiger partial charge is 0.465 e. The predicted octanol–water partition coefficient (Wildman–Crippen LogP) is -0.162. The summed E-state index contributed by atoms with van der Waals surface area (Å²) in [5, 5.41) is 0. The number of esters is 1. The number of nitrogens with zero attached hydrogens (tertiary/aromatic N) is 2. The van der Waals surface area contributed by atoms with Crippen LogP contribution in [0.15, 0.2) is 0 Å². The summed E-state index contributed by atoms with van der Waals surface area (Å²) in [6.07, 6.45) is 4.41. The van der Waals surface area contributed by atoms with E-state index in [1.807, 2.05) is 0 Å². The molecule has 2 amide bonds. The zero-order chi connectivity index (χ0) is 15.9. The molecule has 2 aliphatic heterocycles. The molecule has 2 saturated heterocycles. The zero-order valence-corrected chi connectivity index (χ0v) is 12.9. The fourth-order valence-corrected chi connectivity index (χ4v) is 4.20. The van der Waals surface area contributed by atoms with Crippen LogP contribution in [0.4, 0.5) is 0 Å². The van der Waals surface area contributed by atoms with Gasteiger partial charge >= 0.3 is 5.97 Å². The van der Waals surface area contributed by atoms with Crippen molar-refractivity contribution >= 4 is 17.8 Å². The first-order valence-corrected chi connectivity index (χ1v) is 8.03. The number of carbonyl (C=O) groups is 3. The summed E-state index contributed by atoms with van der Waals surface area (Å²) in [7, 11) is 0. The molecule has 1 aliphatic carbocycles. The monoisotopic (exact) mass is 309 g/mol. The van der Waals surface area contributed by atoms with E-state index >= 15 is 0 Å². The Hall–Kier alpha value is -1.63. The molecule has 0 aromatic carbocycles. The third kappa shape index (κ3) is 2.27. The standard InChI is InChI=1S/C15H23N3O4/c1-2-22-13(20)9-17-8-12(19)18-11(14(17)21)7-10-5-3-4-6-15(10,18)16/h10-11H,2-9,16H2,1H3/t10-,11?,15-/m0/s1. The fraction of sp³-hybridized carbons (Fsp3) is 0.800. The molecule has 3 aliphatic rings. The number of nitrogens with two attached hydrogens (primary N) is 1. The smallest absolute Gasteiger partial charge is 0.325 e. The van der Waals surface area contributed by atoms with E-state index in [4.69, 9.17) is 10.5 Å². The van der Waals surface area contributed by atoms with Crippen LogP contribution in [0.3, 0.4) is 0 Å². The SMILES string of the molecule is CCOC(=O)CN1CC(=O)N2C(C[C@@H]3CCCC[C@@]32N)C1=O. The first kappa shape index (κ1) is 15.3. The molecule has 3 atom stereocenters. The minimum absolute atomic E-state index is 0.0835. The molecule has 0 radical (unpaired) electrons. The Kier molecular flexibility index (Phi) is 3.84. The van der Waals surface area contributed by atoms with Crippen LogP contribution in [-0.4, -0.2) is 59.0 Å². The Morgan fingerprint density at radius 2 is 2.18 bits per heavy atom. The maximum absolute atomic E-state index is 12.6. The molecule has 2 heterocycles. The van der Waals surface area contributed by atoms with Crippen molar-refractivity contribution in [3.05, 3.63) is 0 Å². The van der Waals surface area contributed by atoms with Crippen molar-refractivity contribution < 1.29 is 19.1 Å². The van der Waals surface area contributed by atoms with Gasteiger partial charge in [0, 0.05) is 0 Å². The predicted molar refractivity (Wildman–Crippen MR) is 77.3 cm³/mol. The topological polar surface area (TPSA) is 92.9 Å². The van der Waals surface area contributed by atoms with Gasteiger partial charge in [-0.1, -0.05) is 6.42 Å². The van der Waals surface area contributed by atoms with Gasteiger partial charge in [-0.2, -0.15) is 0 Å². The lowest BCUT2D eigenvalue weighted by Gasteiger charge is -2.46. The average molecular weight is 309 g/mol. The molecular formula is C15H23N3O4. The molecule has 3 fully saturated rings. The van der Waals surface area contributed by atoms with Gasteiger partial charge < -0.3 is 20.3 Å². The Morgan fingerprint density at radius 1 is 1.41 bits per heavy atom. The summed E-state index contributed by atoms with van der Waals surface area (Å²) in [4.78, 5) is 39.7. The van der Waals surface area contributed by atoms with Crippen molar-refractivity contribution in [2.45, 2.75) is 50.7 Å². The van der Waals surface area contributed by atoms with E-state index in [0.29, 0.717) is 6.42 Å². The van der Waals surface area contributed by atoms with Gasteiger partial charge in [0.25, 0.3) is 0 Å². The second-order valence-corrected chi connectivity index (χ2v) is 6.45. The summed E-state index contributed by atoms with van der Waals surface area (Å²) in [5.74, 6) is -0.621. The van der Waals surface area contributed by atoms with E-state index in [9.17, 15) is 14.4 Å². The highest BCUT2D eigenvalue weighted by atomic mass is 16.5. The van der Waals surface area contributed by atoms with Crippen LogP contribution < -0.4 is 5.73 Å². The van der Waals surface area contributed by atoms with Crippen LogP contribution in [0.5, 0.6) is 0 Å². The number of carbonyl (C=O) groups excluding carboxylic acids is 3. The number of amides is 2. The highest BCUT2D eigenvalue weighted by Gasteiger charge is 2.58. The highest BCUT2D eigenvalue weighted by molar-refractivity contribution is 5.97. The molecule has 7 heteroatoms. The minimum Gasteiger partial charge on any atom is -0.465 e. The Morgan fingerprint density at radius 3 is 2.91 bits per heavy atom. The van der Waals surface area contributed by atoms with Crippen LogP contribution in [0.25, 0.3) is 0 Å². The van der Waals surface area contributed by atoms with Gasteiger partial charge in [0.15, 0.2) is 0 Å². The minimum atomic E-state index is -0.675. The molecule has 0 aromatic heterocycles. The number of piperazine rings is 1. The molecule has 0 bridgehead atoms. The summed E-state index contributed by atoms with van der Waals surface area (Å²) in [6.45, 7) is 1.73. The number of rotatable bonds is 3.